The van der Waals surface area contributed by atoms with Gasteiger partial charge in [-0.1, -0.05) is 20.8 Å². The Hall–Kier alpha value is -3.20. The van der Waals surface area contributed by atoms with Crippen molar-refractivity contribution < 1.29 is 14.3 Å². The second-order valence-electron chi connectivity index (χ2n) is 7.62. The minimum atomic E-state index is -0.371. The fourth-order valence-electron chi connectivity index (χ4n) is 2.68. The molecular formula is C21H24N4O4S. The third-order valence-electron chi connectivity index (χ3n) is 4.36. The van der Waals surface area contributed by atoms with E-state index in [1.165, 1.54) is 17.4 Å². The first kappa shape index (κ1) is 21.5. The van der Waals surface area contributed by atoms with Gasteiger partial charge in [0.1, 0.15) is 6.54 Å². The minimum absolute atomic E-state index is 0.105. The Morgan fingerprint density at radius 3 is 2.50 bits per heavy atom. The lowest BCUT2D eigenvalue weighted by atomic mass is 9.93. The van der Waals surface area contributed by atoms with Crippen LogP contribution in [0, 0.1) is 0 Å². The third-order valence-corrected chi connectivity index (χ3v) is 5.12. The van der Waals surface area contributed by atoms with Crippen LogP contribution in [0.4, 0.5) is 5.13 Å². The molecule has 8 nitrogen and oxygen atoms in total. The molecule has 0 radical (unpaired) electrons. The number of benzene rings is 1. The van der Waals surface area contributed by atoms with Crippen LogP contribution < -0.4 is 20.3 Å². The molecule has 0 saturated heterocycles. The molecule has 0 saturated carbocycles. The SMILES string of the molecule is COc1ccc(-c2ccc(=O)n(CC(=O)Nc3nc(C(C)(C)C)cs3)n2)cc1OC. The first-order chi connectivity index (χ1) is 14.2. The van der Waals surface area contributed by atoms with Crippen molar-refractivity contribution in [1.82, 2.24) is 14.8 Å². The summed E-state index contributed by atoms with van der Waals surface area (Å²) >= 11 is 1.35. The lowest BCUT2D eigenvalue weighted by molar-refractivity contribution is -0.117. The molecule has 30 heavy (non-hydrogen) atoms. The summed E-state index contributed by atoms with van der Waals surface area (Å²) in [6.07, 6.45) is 0. The molecule has 0 atom stereocenters. The monoisotopic (exact) mass is 428 g/mol. The summed E-state index contributed by atoms with van der Waals surface area (Å²) in [7, 11) is 3.10. The molecule has 0 aliphatic rings. The Morgan fingerprint density at radius 2 is 1.87 bits per heavy atom. The summed E-state index contributed by atoms with van der Waals surface area (Å²) in [5, 5.41) is 9.47. The summed E-state index contributed by atoms with van der Waals surface area (Å²) in [5.41, 5.74) is 1.69. The van der Waals surface area contributed by atoms with E-state index in [1.807, 2.05) is 11.4 Å². The van der Waals surface area contributed by atoms with Gasteiger partial charge < -0.3 is 14.8 Å². The second-order valence-corrected chi connectivity index (χ2v) is 8.48. The molecule has 0 aliphatic heterocycles. The van der Waals surface area contributed by atoms with Crippen LogP contribution in [-0.4, -0.2) is 34.9 Å². The summed E-state index contributed by atoms with van der Waals surface area (Å²) in [4.78, 5) is 29.1. The van der Waals surface area contributed by atoms with Gasteiger partial charge in [-0.3, -0.25) is 9.59 Å². The van der Waals surface area contributed by atoms with E-state index in [2.05, 4.69) is 36.2 Å². The van der Waals surface area contributed by atoms with Crippen LogP contribution in [0.2, 0.25) is 0 Å². The number of hydrogen-bond acceptors (Lipinski definition) is 7. The van der Waals surface area contributed by atoms with Crippen LogP contribution >= 0.6 is 11.3 Å². The number of nitrogens with one attached hydrogen (secondary N) is 1. The van der Waals surface area contributed by atoms with Gasteiger partial charge in [-0.05, 0) is 24.3 Å². The van der Waals surface area contributed by atoms with E-state index in [9.17, 15) is 9.59 Å². The number of amides is 1. The molecule has 3 rings (SSSR count). The molecule has 158 valence electrons. The fourth-order valence-corrected chi connectivity index (χ4v) is 3.64. The van der Waals surface area contributed by atoms with E-state index < -0.39 is 0 Å². The smallest absolute Gasteiger partial charge is 0.267 e. The molecule has 0 unspecified atom stereocenters. The van der Waals surface area contributed by atoms with Gasteiger partial charge in [-0.2, -0.15) is 5.10 Å². The first-order valence-corrected chi connectivity index (χ1v) is 10.2. The van der Waals surface area contributed by atoms with Crippen LogP contribution in [0.15, 0.2) is 40.5 Å². The average molecular weight is 429 g/mol. The number of hydrogen-bond donors (Lipinski definition) is 1. The lowest BCUT2D eigenvalue weighted by Gasteiger charge is -2.14. The van der Waals surface area contributed by atoms with Crippen molar-refractivity contribution in [3.05, 3.63) is 51.8 Å². The molecule has 0 fully saturated rings. The minimum Gasteiger partial charge on any atom is -0.493 e. The number of aromatic nitrogens is 3. The van der Waals surface area contributed by atoms with Crippen molar-refractivity contribution in [2.24, 2.45) is 0 Å². The van der Waals surface area contributed by atoms with Crippen molar-refractivity contribution >= 4 is 22.4 Å². The number of ether oxygens (including phenoxy) is 2. The third kappa shape index (κ3) is 4.85. The number of rotatable bonds is 6. The van der Waals surface area contributed by atoms with Gasteiger partial charge in [-0.25, -0.2) is 9.67 Å². The van der Waals surface area contributed by atoms with Crippen molar-refractivity contribution in [1.29, 1.82) is 0 Å². The maximum atomic E-state index is 12.4. The number of thiazole rings is 1. The zero-order valence-electron chi connectivity index (χ0n) is 17.6. The molecule has 2 heterocycles. The zero-order valence-corrected chi connectivity index (χ0v) is 18.4. The van der Waals surface area contributed by atoms with Crippen molar-refractivity contribution in [2.75, 3.05) is 19.5 Å². The molecule has 1 aromatic carbocycles. The number of anilines is 1. The average Bonchev–Trinajstić information content (AvgIpc) is 3.18. The maximum absolute atomic E-state index is 12.4. The summed E-state index contributed by atoms with van der Waals surface area (Å²) < 4.78 is 11.7. The zero-order chi connectivity index (χ0) is 21.9. The molecule has 0 spiro atoms. The van der Waals surface area contributed by atoms with Crippen LogP contribution in [-0.2, 0) is 16.8 Å². The molecule has 1 amide bonds. The van der Waals surface area contributed by atoms with E-state index in [1.54, 1.807) is 32.4 Å². The number of carbonyl (C=O) groups excluding carboxylic acids is 1. The first-order valence-electron chi connectivity index (χ1n) is 9.27. The van der Waals surface area contributed by atoms with Crippen LogP contribution in [0.3, 0.4) is 0 Å². The van der Waals surface area contributed by atoms with Crippen LogP contribution in [0.1, 0.15) is 26.5 Å². The maximum Gasteiger partial charge on any atom is 0.267 e. The molecule has 0 aliphatic carbocycles. The normalized spacial score (nSPS) is 11.2. The van der Waals surface area contributed by atoms with Crippen molar-refractivity contribution in [3.63, 3.8) is 0 Å². The molecule has 2 aromatic heterocycles. The van der Waals surface area contributed by atoms with E-state index in [4.69, 9.17) is 9.47 Å². The second kappa shape index (κ2) is 8.66. The van der Waals surface area contributed by atoms with Crippen molar-refractivity contribution in [2.45, 2.75) is 32.7 Å². The van der Waals surface area contributed by atoms with Gasteiger partial charge in [0.15, 0.2) is 16.6 Å². The molecular weight excluding hydrogens is 404 g/mol. The predicted molar refractivity (Wildman–Crippen MR) is 116 cm³/mol. The molecule has 3 aromatic rings. The summed E-state index contributed by atoms with van der Waals surface area (Å²) in [5.74, 6) is 0.765. The Morgan fingerprint density at radius 1 is 1.13 bits per heavy atom. The van der Waals surface area contributed by atoms with Crippen LogP contribution in [0.25, 0.3) is 11.3 Å². The van der Waals surface area contributed by atoms with Crippen molar-refractivity contribution in [3.8, 4) is 22.8 Å². The highest BCUT2D eigenvalue weighted by Gasteiger charge is 2.18. The number of methoxy groups -OCH3 is 2. The Balaban J connectivity index is 1.79. The van der Waals surface area contributed by atoms with Gasteiger partial charge in [0, 0.05) is 22.4 Å². The predicted octanol–water partition coefficient (Wildman–Crippen LogP) is 3.32. The highest BCUT2D eigenvalue weighted by atomic mass is 32.1. The lowest BCUT2D eigenvalue weighted by Crippen LogP contribution is -2.29. The highest BCUT2D eigenvalue weighted by molar-refractivity contribution is 7.13. The van der Waals surface area contributed by atoms with Gasteiger partial charge in [0.25, 0.3) is 5.56 Å². The Bertz CT molecular complexity index is 1110. The molecule has 0 bridgehead atoms. The summed E-state index contributed by atoms with van der Waals surface area (Å²) in [6, 6.07) is 8.32. The largest absolute Gasteiger partial charge is 0.493 e. The Labute approximate surface area is 178 Å². The van der Waals surface area contributed by atoms with E-state index in [0.29, 0.717) is 22.3 Å². The Kier molecular flexibility index (Phi) is 6.21. The van der Waals surface area contributed by atoms with E-state index in [0.717, 1.165) is 15.9 Å². The van der Waals surface area contributed by atoms with E-state index >= 15 is 0 Å². The van der Waals surface area contributed by atoms with E-state index in [-0.39, 0.29) is 23.4 Å². The van der Waals surface area contributed by atoms with Gasteiger partial charge in [-0.15, -0.1) is 11.3 Å². The molecule has 9 heteroatoms. The topological polar surface area (TPSA) is 95.3 Å². The van der Waals surface area contributed by atoms with Gasteiger partial charge >= 0.3 is 0 Å². The van der Waals surface area contributed by atoms with Gasteiger partial charge in [0.05, 0.1) is 25.6 Å². The molecule has 1 N–H and O–H groups in total. The van der Waals surface area contributed by atoms with Gasteiger partial charge in [0.2, 0.25) is 5.91 Å². The van der Waals surface area contributed by atoms with Crippen LogP contribution in [0.5, 0.6) is 11.5 Å². The highest BCUT2D eigenvalue weighted by Crippen LogP contribution is 2.31. The standard InChI is InChI=1S/C21H24N4O4S/c1-21(2,3)17-12-30-20(22-17)23-18(26)11-25-19(27)9-7-14(24-25)13-6-8-15(28-4)16(10-13)29-5/h6-10,12H,11H2,1-5H3,(H,22,23,26). The number of carbonyl (C=O) groups is 1. The summed E-state index contributed by atoms with van der Waals surface area (Å²) in [6.45, 7) is 5.94. The quantitative estimate of drug-likeness (QED) is 0.647. The fraction of sp³-hybridized carbons (Fsp3) is 0.333. The number of nitrogens with zero attached hydrogens (tertiary/aromatic N) is 3.